The molecule has 1 atom stereocenters. The van der Waals surface area contributed by atoms with Crippen molar-refractivity contribution in [3.63, 3.8) is 0 Å². The maximum atomic E-state index is 12.3. The van der Waals surface area contributed by atoms with Crippen molar-refractivity contribution in [1.82, 2.24) is 26.6 Å². The summed E-state index contributed by atoms with van der Waals surface area (Å²) in [4.78, 5) is 38.5. The Bertz CT molecular complexity index is 1530. The zero-order valence-electron chi connectivity index (χ0n) is 38.8. The molecule has 19 heteroatoms. The minimum Gasteiger partial charge on any atom is -0.491 e. The van der Waals surface area contributed by atoms with Gasteiger partial charge in [-0.25, -0.2) is 0 Å². The summed E-state index contributed by atoms with van der Waals surface area (Å²) in [6.07, 6.45) is 0.323. The molecule has 63 heavy (non-hydrogen) atoms. The fourth-order valence-electron chi connectivity index (χ4n) is 4.43. The number of amides is 3. The van der Waals surface area contributed by atoms with E-state index in [4.69, 9.17) is 34.0 Å². The molecule has 0 spiro atoms. The Balaban J connectivity index is 0.00000133. The third kappa shape index (κ3) is 42.0. The average molecular weight is 923 g/mol. The smallest absolute Gasteiger partial charge is 0.251 e. The van der Waals surface area contributed by atoms with Crippen LogP contribution in [-0.4, -0.2) is 140 Å². The second-order valence-electron chi connectivity index (χ2n) is 14.7. The molecule has 0 aromatic heterocycles. The van der Waals surface area contributed by atoms with Gasteiger partial charge in [0.25, 0.3) is 5.91 Å². The lowest BCUT2D eigenvalue weighted by Gasteiger charge is -2.15. The molecule has 0 aliphatic carbocycles. The molecule has 1 rings (SSSR count). The average Bonchev–Trinajstić information content (AvgIpc) is 3.24. The zero-order valence-corrected chi connectivity index (χ0v) is 40.4. The Labute approximate surface area is 384 Å². The molecular formula is C44H74N8O9S2. The molecule has 0 saturated carbocycles. The van der Waals surface area contributed by atoms with Gasteiger partial charge in [0.2, 0.25) is 11.8 Å². The predicted octanol–water partition coefficient (Wildman–Crippen LogP) is 5.17. The highest BCUT2D eigenvalue weighted by molar-refractivity contribution is 8.76. The van der Waals surface area contributed by atoms with Gasteiger partial charge in [-0.15, -0.1) is 0 Å². The van der Waals surface area contributed by atoms with E-state index in [1.54, 1.807) is 45.9 Å². The second-order valence-corrected chi connectivity index (χ2v) is 17.3. The fraction of sp³-hybridized carbons (Fsp3) is 0.705. The van der Waals surface area contributed by atoms with Gasteiger partial charge in [0, 0.05) is 85.9 Å². The van der Waals surface area contributed by atoms with E-state index in [1.807, 2.05) is 41.5 Å². The first-order valence-corrected chi connectivity index (χ1v) is 24.0. The highest BCUT2D eigenvalue weighted by Gasteiger charge is 2.11. The summed E-state index contributed by atoms with van der Waals surface area (Å²) in [5.74, 6) is 14.2. The molecule has 0 fully saturated rings. The Kier molecular flexibility index (Phi) is 39.7. The minimum absolute atomic E-state index is 0.0438. The Hall–Kier alpha value is -3.72. The standard InChI is InChI=1S/C26H40N6O6.C18H34N2O3S2/c1-20(2)7-6-13-35-14-12-29-24(33)18-36-15-16-37-25(31-32-27)19-38-23-9-5-8-22(17-23)26(34)30-11-10-28-21(3)4;1-16(2)7-5-11-22-13-9-20-18(21)8-6-12-23-15-25-24-14-10-19-17(3)4/h5,8-9,17,20-21,25,28H,10-16,18-19H2,1-4H3,(H,29,33)(H,30,34);16-17,19H,6,8-15H2,1-4H3,(H,20,21). The Morgan fingerprint density at radius 1 is 0.730 bits per heavy atom. The third-order valence-electron chi connectivity index (χ3n) is 7.32. The molecule has 0 radical (unpaired) electrons. The molecule has 0 aliphatic rings. The minimum atomic E-state index is -0.909. The monoisotopic (exact) mass is 923 g/mol. The lowest BCUT2D eigenvalue weighted by molar-refractivity contribution is -0.126. The molecule has 17 nitrogen and oxygen atoms in total. The lowest BCUT2D eigenvalue weighted by Crippen LogP contribution is -2.34. The third-order valence-corrected chi connectivity index (χ3v) is 9.40. The van der Waals surface area contributed by atoms with E-state index in [9.17, 15) is 14.4 Å². The topological polar surface area (TPSA) is 216 Å². The summed E-state index contributed by atoms with van der Waals surface area (Å²) in [5, 5.41) is 18.5. The van der Waals surface area contributed by atoms with Crippen molar-refractivity contribution in [3.8, 4) is 29.4 Å². The van der Waals surface area contributed by atoms with Gasteiger partial charge in [0.05, 0.1) is 26.4 Å². The van der Waals surface area contributed by atoms with Crippen LogP contribution in [0.2, 0.25) is 0 Å². The van der Waals surface area contributed by atoms with Crippen molar-refractivity contribution in [2.75, 3.05) is 104 Å². The molecule has 1 unspecified atom stereocenters. The Morgan fingerprint density at radius 3 is 2.02 bits per heavy atom. The van der Waals surface area contributed by atoms with Crippen LogP contribution < -0.4 is 31.3 Å². The summed E-state index contributed by atoms with van der Waals surface area (Å²) in [6.45, 7) is 21.8. The van der Waals surface area contributed by atoms with Gasteiger partial charge in [-0.2, -0.15) is 0 Å². The van der Waals surface area contributed by atoms with E-state index in [0.717, 1.165) is 18.7 Å². The molecule has 0 saturated heterocycles. The van der Waals surface area contributed by atoms with Gasteiger partial charge in [-0.05, 0) is 30.2 Å². The quantitative estimate of drug-likeness (QED) is 0.0115. The van der Waals surface area contributed by atoms with Crippen LogP contribution >= 0.6 is 21.6 Å². The van der Waals surface area contributed by atoms with Crippen molar-refractivity contribution in [1.29, 1.82) is 0 Å². The van der Waals surface area contributed by atoms with E-state index < -0.39 is 6.23 Å². The number of ether oxygens (including phenoxy) is 6. The second kappa shape index (κ2) is 42.2. The molecule has 0 bridgehead atoms. The first-order valence-electron chi connectivity index (χ1n) is 21.5. The van der Waals surface area contributed by atoms with Crippen LogP contribution in [0.1, 0.15) is 78.6 Å². The van der Waals surface area contributed by atoms with E-state index in [0.29, 0.717) is 107 Å². The maximum Gasteiger partial charge on any atom is 0.251 e. The molecule has 0 heterocycles. The number of nitrogens with one attached hydrogen (secondary N) is 5. The SMILES string of the molecule is CC(C)C#CCOCCNC(=O)CCCOCSSCCNC(C)C.CC(C)C#CCOCCNC(=O)COCCOC(COc1cccc(C(=O)NCCNC(C)C)c1)N=[N+]=[N-]. The van der Waals surface area contributed by atoms with Gasteiger partial charge in [0.15, 0.2) is 6.23 Å². The molecule has 1 aromatic carbocycles. The van der Waals surface area contributed by atoms with E-state index in [1.165, 1.54) is 0 Å². The molecule has 356 valence electrons. The van der Waals surface area contributed by atoms with Crippen LogP contribution in [0.25, 0.3) is 10.4 Å². The number of carbonyl (C=O) groups excluding carboxylic acids is 3. The van der Waals surface area contributed by atoms with Crippen molar-refractivity contribution in [3.05, 3.63) is 40.3 Å². The van der Waals surface area contributed by atoms with Crippen molar-refractivity contribution in [2.45, 2.75) is 86.5 Å². The normalized spacial score (nSPS) is 11.1. The van der Waals surface area contributed by atoms with Crippen LogP contribution in [0.4, 0.5) is 0 Å². The van der Waals surface area contributed by atoms with Crippen LogP contribution in [-0.2, 0) is 33.3 Å². The van der Waals surface area contributed by atoms with Crippen LogP contribution in [0.15, 0.2) is 29.4 Å². The predicted molar refractivity (Wildman–Crippen MR) is 253 cm³/mol. The number of carbonyl (C=O) groups is 3. The summed E-state index contributed by atoms with van der Waals surface area (Å²) in [6, 6.07) is 7.56. The van der Waals surface area contributed by atoms with Gasteiger partial charge >= 0.3 is 0 Å². The van der Waals surface area contributed by atoms with Crippen molar-refractivity contribution < 1.29 is 42.8 Å². The molecule has 3 amide bonds. The fourth-order valence-corrected chi connectivity index (χ4v) is 6.01. The summed E-state index contributed by atoms with van der Waals surface area (Å²) in [5.41, 5.74) is 9.25. The lowest BCUT2D eigenvalue weighted by atomic mass is 10.2. The summed E-state index contributed by atoms with van der Waals surface area (Å²) in [7, 11) is 3.52. The number of rotatable bonds is 34. The zero-order chi connectivity index (χ0) is 46.8. The van der Waals surface area contributed by atoms with Crippen molar-refractivity contribution in [2.24, 2.45) is 17.0 Å². The number of azide groups is 1. The van der Waals surface area contributed by atoms with Gasteiger partial charge < -0.3 is 55.0 Å². The summed E-state index contributed by atoms with van der Waals surface area (Å²) >= 11 is 0. The van der Waals surface area contributed by atoms with Gasteiger partial charge in [0.1, 0.15) is 38.1 Å². The van der Waals surface area contributed by atoms with Crippen molar-refractivity contribution >= 4 is 39.3 Å². The number of benzene rings is 1. The van der Waals surface area contributed by atoms with Crippen LogP contribution in [0.3, 0.4) is 0 Å². The number of hydrogen-bond acceptors (Lipinski definition) is 14. The molecular weight excluding hydrogens is 849 g/mol. The highest BCUT2D eigenvalue weighted by Crippen LogP contribution is 2.20. The number of hydrogen-bond donors (Lipinski definition) is 5. The first kappa shape index (κ1) is 59.3. The van der Waals surface area contributed by atoms with Crippen LogP contribution in [0, 0.1) is 35.5 Å². The molecule has 0 aliphatic heterocycles. The van der Waals surface area contributed by atoms with E-state index in [2.05, 4.69) is 74.1 Å². The van der Waals surface area contributed by atoms with Crippen LogP contribution in [0.5, 0.6) is 5.75 Å². The number of nitrogens with zero attached hydrogens (tertiary/aromatic N) is 3. The van der Waals surface area contributed by atoms with E-state index in [-0.39, 0.29) is 44.1 Å². The van der Waals surface area contributed by atoms with Gasteiger partial charge in [-0.3, -0.25) is 14.4 Å². The first-order chi connectivity index (χ1) is 30.3. The molecule has 1 aromatic rings. The highest BCUT2D eigenvalue weighted by atomic mass is 33.1. The van der Waals surface area contributed by atoms with Gasteiger partial charge in [-0.1, -0.05) is 112 Å². The Morgan fingerprint density at radius 2 is 1.38 bits per heavy atom. The summed E-state index contributed by atoms with van der Waals surface area (Å²) < 4.78 is 32.5. The van der Waals surface area contributed by atoms with E-state index >= 15 is 0 Å². The molecule has 5 N–H and O–H groups in total. The largest absolute Gasteiger partial charge is 0.491 e. The maximum absolute atomic E-state index is 12.3.